The molecule has 0 bridgehead atoms. The summed E-state index contributed by atoms with van der Waals surface area (Å²) in [5, 5.41) is 5.83. The predicted octanol–water partition coefficient (Wildman–Crippen LogP) is 1.27. The highest BCUT2D eigenvalue weighted by Gasteiger charge is 2.04. The summed E-state index contributed by atoms with van der Waals surface area (Å²) in [6, 6.07) is 5.39. The molecular weight excluding hydrogens is 260 g/mol. The Morgan fingerprint density at radius 2 is 1.75 bits per heavy atom. The van der Waals surface area contributed by atoms with Gasteiger partial charge in [0.1, 0.15) is 11.5 Å². The maximum atomic E-state index is 11.6. The van der Waals surface area contributed by atoms with Crippen molar-refractivity contribution in [3.63, 3.8) is 0 Å². The van der Waals surface area contributed by atoms with Gasteiger partial charge in [0.25, 0.3) is 0 Å². The van der Waals surface area contributed by atoms with Crippen molar-refractivity contribution in [2.45, 2.75) is 6.42 Å². The molecule has 1 rings (SSSR count). The fourth-order valence-electron chi connectivity index (χ4n) is 1.60. The van der Waals surface area contributed by atoms with E-state index in [1.807, 2.05) is 0 Å². The van der Waals surface area contributed by atoms with Crippen molar-refractivity contribution < 1.29 is 19.0 Å². The fraction of sp³-hybridized carbons (Fsp3) is 0.500. The molecule has 0 heterocycles. The molecule has 1 aromatic carbocycles. The van der Waals surface area contributed by atoms with Crippen LogP contribution in [0.1, 0.15) is 6.42 Å². The SMILES string of the molecule is COCCCNC(=O)CNc1cc(OC)cc(OC)c1. The lowest BCUT2D eigenvalue weighted by molar-refractivity contribution is -0.119. The van der Waals surface area contributed by atoms with Gasteiger partial charge in [-0.25, -0.2) is 0 Å². The molecule has 0 fully saturated rings. The third-order valence-corrected chi connectivity index (χ3v) is 2.65. The number of anilines is 1. The standard InChI is InChI=1S/C14H22N2O4/c1-18-6-4-5-15-14(17)10-16-11-7-12(19-2)9-13(8-11)20-3/h7-9,16H,4-6,10H2,1-3H3,(H,15,17). The van der Waals surface area contributed by atoms with Gasteiger partial charge in [-0.05, 0) is 6.42 Å². The zero-order valence-corrected chi connectivity index (χ0v) is 12.2. The van der Waals surface area contributed by atoms with Gasteiger partial charge in [-0.3, -0.25) is 4.79 Å². The average Bonchev–Trinajstić information content (AvgIpc) is 2.49. The maximum absolute atomic E-state index is 11.6. The fourth-order valence-corrected chi connectivity index (χ4v) is 1.60. The molecule has 2 N–H and O–H groups in total. The highest BCUT2D eigenvalue weighted by atomic mass is 16.5. The van der Waals surface area contributed by atoms with Crippen molar-refractivity contribution in [1.29, 1.82) is 0 Å². The second kappa shape index (κ2) is 9.03. The molecule has 0 aromatic heterocycles. The first kappa shape index (κ1) is 16.1. The minimum atomic E-state index is -0.0668. The van der Waals surface area contributed by atoms with Gasteiger partial charge < -0.3 is 24.8 Å². The lowest BCUT2D eigenvalue weighted by Gasteiger charge is -2.11. The second-order valence-corrected chi connectivity index (χ2v) is 4.15. The Morgan fingerprint density at radius 3 is 2.30 bits per heavy atom. The van der Waals surface area contributed by atoms with Crippen LogP contribution < -0.4 is 20.1 Å². The molecule has 0 aliphatic heterocycles. The quantitative estimate of drug-likeness (QED) is 0.668. The van der Waals surface area contributed by atoms with E-state index in [-0.39, 0.29) is 12.5 Å². The number of carbonyl (C=O) groups excluding carboxylic acids is 1. The minimum absolute atomic E-state index is 0.0668. The van der Waals surface area contributed by atoms with Crippen molar-refractivity contribution in [2.24, 2.45) is 0 Å². The van der Waals surface area contributed by atoms with Crippen LogP contribution in [0.3, 0.4) is 0 Å². The van der Waals surface area contributed by atoms with E-state index in [4.69, 9.17) is 14.2 Å². The lowest BCUT2D eigenvalue weighted by atomic mass is 10.2. The number of amides is 1. The van der Waals surface area contributed by atoms with Crippen molar-refractivity contribution in [2.75, 3.05) is 46.3 Å². The van der Waals surface area contributed by atoms with Gasteiger partial charge in [-0.15, -0.1) is 0 Å². The Morgan fingerprint density at radius 1 is 1.10 bits per heavy atom. The summed E-state index contributed by atoms with van der Waals surface area (Å²) >= 11 is 0. The Kier molecular flexibility index (Phi) is 7.27. The Hall–Kier alpha value is -1.95. The molecule has 20 heavy (non-hydrogen) atoms. The first-order chi connectivity index (χ1) is 9.69. The van der Waals surface area contributed by atoms with Crippen molar-refractivity contribution >= 4 is 11.6 Å². The molecular formula is C14H22N2O4. The highest BCUT2D eigenvalue weighted by Crippen LogP contribution is 2.25. The summed E-state index contributed by atoms with van der Waals surface area (Å²) in [4.78, 5) is 11.6. The highest BCUT2D eigenvalue weighted by molar-refractivity contribution is 5.80. The summed E-state index contributed by atoms with van der Waals surface area (Å²) < 4.78 is 15.2. The number of benzene rings is 1. The summed E-state index contributed by atoms with van der Waals surface area (Å²) in [6.45, 7) is 1.44. The Balaban J connectivity index is 2.42. The normalized spacial score (nSPS) is 9.95. The molecule has 0 atom stereocenters. The van der Waals surface area contributed by atoms with E-state index in [2.05, 4.69) is 10.6 Å². The monoisotopic (exact) mass is 282 g/mol. The van der Waals surface area contributed by atoms with Gasteiger partial charge in [-0.1, -0.05) is 0 Å². The van der Waals surface area contributed by atoms with Crippen molar-refractivity contribution in [3.8, 4) is 11.5 Å². The van der Waals surface area contributed by atoms with E-state index in [1.165, 1.54) is 0 Å². The zero-order valence-electron chi connectivity index (χ0n) is 12.2. The van der Waals surface area contributed by atoms with Gasteiger partial charge in [0.15, 0.2) is 0 Å². The molecule has 1 amide bonds. The summed E-state index contributed by atoms with van der Waals surface area (Å²) in [7, 11) is 4.81. The minimum Gasteiger partial charge on any atom is -0.497 e. The first-order valence-corrected chi connectivity index (χ1v) is 6.42. The molecule has 6 heteroatoms. The van der Waals surface area contributed by atoms with E-state index < -0.39 is 0 Å². The molecule has 6 nitrogen and oxygen atoms in total. The van der Waals surface area contributed by atoms with Crippen LogP contribution in [-0.4, -0.2) is 46.9 Å². The number of hydrogen-bond donors (Lipinski definition) is 2. The summed E-state index contributed by atoms with van der Waals surface area (Å²) in [6.07, 6.45) is 0.801. The Labute approximate surface area is 119 Å². The molecule has 0 aliphatic carbocycles. The number of carbonyl (C=O) groups is 1. The zero-order chi connectivity index (χ0) is 14.8. The second-order valence-electron chi connectivity index (χ2n) is 4.15. The van der Waals surface area contributed by atoms with E-state index in [9.17, 15) is 4.79 Å². The van der Waals surface area contributed by atoms with E-state index >= 15 is 0 Å². The van der Waals surface area contributed by atoms with Gasteiger partial charge in [0.2, 0.25) is 5.91 Å². The number of methoxy groups -OCH3 is 3. The van der Waals surface area contributed by atoms with Gasteiger partial charge in [0, 0.05) is 44.1 Å². The number of rotatable bonds is 9. The molecule has 0 aliphatic rings. The van der Waals surface area contributed by atoms with Crippen LogP contribution in [0.15, 0.2) is 18.2 Å². The third kappa shape index (κ3) is 5.79. The van der Waals surface area contributed by atoms with E-state index in [1.54, 1.807) is 39.5 Å². The molecule has 0 spiro atoms. The molecule has 0 unspecified atom stereocenters. The van der Waals surface area contributed by atoms with Gasteiger partial charge in [-0.2, -0.15) is 0 Å². The van der Waals surface area contributed by atoms with Crippen LogP contribution in [0.5, 0.6) is 11.5 Å². The van der Waals surface area contributed by atoms with E-state index in [0.29, 0.717) is 24.7 Å². The lowest BCUT2D eigenvalue weighted by Crippen LogP contribution is -2.31. The molecule has 0 radical (unpaired) electrons. The molecule has 112 valence electrons. The van der Waals surface area contributed by atoms with Crippen LogP contribution in [0.4, 0.5) is 5.69 Å². The Bertz CT molecular complexity index is 401. The molecule has 0 saturated heterocycles. The topological polar surface area (TPSA) is 68.8 Å². The smallest absolute Gasteiger partial charge is 0.239 e. The van der Waals surface area contributed by atoms with Gasteiger partial charge in [0.05, 0.1) is 20.8 Å². The van der Waals surface area contributed by atoms with Crippen LogP contribution in [-0.2, 0) is 9.53 Å². The average molecular weight is 282 g/mol. The third-order valence-electron chi connectivity index (χ3n) is 2.65. The van der Waals surface area contributed by atoms with Crippen LogP contribution in [0.2, 0.25) is 0 Å². The van der Waals surface area contributed by atoms with Crippen LogP contribution >= 0.6 is 0 Å². The molecule has 1 aromatic rings. The number of ether oxygens (including phenoxy) is 3. The predicted molar refractivity (Wildman–Crippen MR) is 77.5 cm³/mol. The van der Waals surface area contributed by atoms with Crippen molar-refractivity contribution in [3.05, 3.63) is 18.2 Å². The number of nitrogens with one attached hydrogen (secondary N) is 2. The molecule has 0 saturated carbocycles. The number of hydrogen-bond acceptors (Lipinski definition) is 5. The van der Waals surface area contributed by atoms with Gasteiger partial charge >= 0.3 is 0 Å². The van der Waals surface area contributed by atoms with Crippen LogP contribution in [0.25, 0.3) is 0 Å². The van der Waals surface area contributed by atoms with E-state index in [0.717, 1.165) is 12.1 Å². The largest absolute Gasteiger partial charge is 0.497 e. The van der Waals surface area contributed by atoms with Crippen molar-refractivity contribution in [1.82, 2.24) is 5.32 Å². The summed E-state index contributed by atoms with van der Waals surface area (Å²) in [5.74, 6) is 1.28. The maximum Gasteiger partial charge on any atom is 0.239 e. The first-order valence-electron chi connectivity index (χ1n) is 6.42. The summed E-state index contributed by atoms with van der Waals surface area (Å²) in [5.41, 5.74) is 0.772. The van der Waals surface area contributed by atoms with Crippen LogP contribution in [0, 0.1) is 0 Å².